The van der Waals surface area contributed by atoms with Crippen LogP contribution in [0.25, 0.3) is 0 Å². The molecule has 0 heterocycles. The van der Waals surface area contributed by atoms with E-state index in [0.717, 1.165) is 6.07 Å². The zero-order chi connectivity index (χ0) is 13.9. The molecule has 7 heteroatoms. The summed E-state index contributed by atoms with van der Waals surface area (Å²) in [4.78, 5) is 22.0. The number of aldehydes is 1. The van der Waals surface area contributed by atoms with Gasteiger partial charge in [0, 0.05) is 5.56 Å². The molecule has 0 atom stereocenters. The lowest BCUT2D eigenvalue weighted by Gasteiger charge is -2.14. The van der Waals surface area contributed by atoms with Crippen molar-refractivity contribution in [2.24, 2.45) is 0 Å². The third-order valence-corrected chi connectivity index (χ3v) is 2.47. The number of carbonyl (C=O) groups excluding carboxylic acids is 2. The van der Waals surface area contributed by atoms with Crippen LogP contribution in [0.5, 0.6) is 5.75 Å². The molecule has 0 spiro atoms. The number of ether oxygens (including phenoxy) is 1. The number of carbonyl (C=O) groups is 2. The second-order valence-corrected chi connectivity index (χ2v) is 3.58. The van der Waals surface area contributed by atoms with Gasteiger partial charge in [0.2, 0.25) is 0 Å². The summed E-state index contributed by atoms with van der Waals surface area (Å²) >= 11 is 5.25. The van der Waals surface area contributed by atoms with Crippen LogP contribution in [-0.2, 0) is 6.18 Å². The number of methoxy groups -OCH3 is 1. The SMILES string of the molecule is COc1cc(C(=O)CCl)c(C(F)(F)F)cc1C=O. The van der Waals surface area contributed by atoms with Crippen LogP contribution < -0.4 is 4.74 Å². The highest BCUT2D eigenvalue weighted by Gasteiger charge is 2.36. The predicted molar refractivity (Wildman–Crippen MR) is 58.4 cm³/mol. The van der Waals surface area contributed by atoms with E-state index in [2.05, 4.69) is 0 Å². The van der Waals surface area contributed by atoms with Crippen LogP contribution in [0.15, 0.2) is 12.1 Å². The van der Waals surface area contributed by atoms with E-state index < -0.39 is 29.0 Å². The molecule has 0 radical (unpaired) electrons. The average Bonchev–Trinajstić information content (AvgIpc) is 2.34. The van der Waals surface area contributed by atoms with Gasteiger partial charge in [-0.2, -0.15) is 13.2 Å². The van der Waals surface area contributed by atoms with Crippen LogP contribution >= 0.6 is 11.6 Å². The molecule has 0 aromatic heterocycles. The third kappa shape index (κ3) is 2.81. The van der Waals surface area contributed by atoms with E-state index >= 15 is 0 Å². The van der Waals surface area contributed by atoms with Crippen molar-refractivity contribution < 1.29 is 27.5 Å². The number of ketones is 1. The topological polar surface area (TPSA) is 43.4 Å². The molecule has 0 bridgehead atoms. The van der Waals surface area contributed by atoms with Gasteiger partial charge in [0.05, 0.1) is 24.1 Å². The highest BCUT2D eigenvalue weighted by molar-refractivity contribution is 6.30. The average molecular weight is 281 g/mol. The Morgan fingerprint density at radius 2 is 2.06 bits per heavy atom. The number of alkyl halides is 4. The summed E-state index contributed by atoms with van der Waals surface area (Å²) in [6.45, 7) is 0. The van der Waals surface area contributed by atoms with Gasteiger partial charge in [-0.05, 0) is 12.1 Å². The van der Waals surface area contributed by atoms with Gasteiger partial charge < -0.3 is 4.74 Å². The highest BCUT2D eigenvalue weighted by Crippen LogP contribution is 2.35. The molecule has 1 aromatic carbocycles. The predicted octanol–water partition coefficient (Wildman–Crippen LogP) is 2.95. The van der Waals surface area contributed by atoms with Crippen molar-refractivity contribution >= 4 is 23.7 Å². The van der Waals surface area contributed by atoms with Crippen LogP contribution in [0, 0.1) is 0 Å². The van der Waals surface area contributed by atoms with E-state index in [1.54, 1.807) is 0 Å². The van der Waals surface area contributed by atoms with Crippen molar-refractivity contribution in [2.75, 3.05) is 13.0 Å². The molecule has 0 saturated carbocycles. The molecule has 0 saturated heterocycles. The summed E-state index contributed by atoms with van der Waals surface area (Å²) in [5.41, 5.74) is -2.09. The zero-order valence-electron chi connectivity index (χ0n) is 9.18. The molecule has 18 heavy (non-hydrogen) atoms. The Hall–Kier alpha value is -1.56. The molecule has 1 rings (SSSR count). The number of Topliss-reactive ketones (excluding diaryl/α,β-unsaturated/α-hetero) is 1. The van der Waals surface area contributed by atoms with Crippen molar-refractivity contribution in [1.82, 2.24) is 0 Å². The minimum atomic E-state index is -4.75. The van der Waals surface area contributed by atoms with Gasteiger partial charge in [0.25, 0.3) is 0 Å². The van der Waals surface area contributed by atoms with E-state index in [-0.39, 0.29) is 17.6 Å². The van der Waals surface area contributed by atoms with Crippen molar-refractivity contribution in [2.45, 2.75) is 6.18 Å². The minimum Gasteiger partial charge on any atom is -0.496 e. The Morgan fingerprint density at radius 3 is 2.44 bits per heavy atom. The fraction of sp³-hybridized carbons (Fsp3) is 0.273. The molecule has 0 fully saturated rings. The Bertz CT molecular complexity index is 483. The Balaban J connectivity index is 3.56. The fourth-order valence-corrected chi connectivity index (χ4v) is 1.55. The summed E-state index contributed by atoms with van der Waals surface area (Å²) in [7, 11) is 1.19. The van der Waals surface area contributed by atoms with E-state index in [9.17, 15) is 22.8 Å². The van der Waals surface area contributed by atoms with Gasteiger partial charge in [-0.3, -0.25) is 9.59 Å². The molecular weight excluding hydrogens is 273 g/mol. The molecule has 98 valence electrons. The van der Waals surface area contributed by atoms with E-state index in [0.29, 0.717) is 6.07 Å². The summed E-state index contributed by atoms with van der Waals surface area (Å²) in [5.74, 6) is -1.58. The Kier molecular flexibility index (Phi) is 4.34. The largest absolute Gasteiger partial charge is 0.496 e. The van der Waals surface area contributed by atoms with Gasteiger partial charge in [-0.25, -0.2) is 0 Å². The molecular formula is C11H8ClF3O3. The molecule has 0 aliphatic carbocycles. The summed E-state index contributed by atoms with van der Waals surface area (Å²) in [6.07, 6.45) is -4.52. The van der Waals surface area contributed by atoms with Gasteiger partial charge in [0.15, 0.2) is 12.1 Å². The van der Waals surface area contributed by atoms with Gasteiger partial charge in [-0.1, -0.05) is 0 Å². The standard InChI is InChI=1S/C11H8ClF3O3/c1-18-10-3-7(9(17)4-12)8(11(13,14)15)2-6(10)5-16/h2-3,5H,4H2,1H3. The maximum absolute atomic E-state index is 12.7. The van der Waals surface area contributed by atoms with Crippen LogP contribution in [0.2, 0.25) is 0 Å². The van der Waals surface area contributed by atoms with E-state index in [1.165, 1.54) is 7.11 Å². The second kappa shape index (κ2) is 5.39. The highest BCUT2D eigenvalue weighted by atomic mass is 35.5. The summed E-state index contributed by atoms with van der Waals surface area (Å²) in [6, 6.07) is 1.45. The van der Waals surface area contributed by atoms with Gasteiger partial charge in [0.1, 0.15) is 5.75 Å². The van der Waals surface area contributed by atoms with Crippen LogP contribution in [0.3, 0.4) is 0 Å². The van der Waals surface area contributed by atoms with Crippen molar-refractivity contribution in [3.05, 3.63) is 28.8 Å². The van der Waals surface area contributed by atoms with Crippen molar-refractivity contribution in [3.8, 4) is 5.75 Å². The van der Waals surface area contributed by atoms with Crippen LogP contribution in [0.1, 0.15) is 26.3 Å². The summed E-state index contributed by atoms with van der Waals surface area (Å²) < 4.78 is 43.0. The number of benzene rings is 1. The first-order valence-electron chi connectivity index (χ1n) is 4.68. The van der Waals surface area contributed by atoms with Crippen molar-refractivity contribution in [1.29, 1.82) is 0 Å². The van der Waals surface area contributed by atoms with E-state index in [4.69, 9.17) is 16.3 Å². The monoisotopic (exact) mass is 280 g/mol. The quantitative estimate of drug-likeness (QED) is 0.484. The number of hydrogen-bond acceptors (Lipinski definition) is 3. The smallest absolute Gasteiger partial charge is 0.417 e. The normalized spacial score (nSPS) is 11.2. The Labute approximate surface area is 105 Å². The number of rotatable bonds is 4. The van der Waals surface area contributed by atoms with Gasteiger partial charge in [-0.15, -0.1) is 11.6 Å². The lowest BCUT2D eigenvalue weighted by molar-refractivity contribution is -0.137. The maximum Gasteiger partial charge on any atom is 0.417 e. The molecule has 0 amide bonds. The lowest BCUT2D eigenvalue weighted by atomic mass is 10.00. The molecule has 1 aromatic rings. The zero-order valence-corrected chi connectivity index (χ0v) is 9.93. The Morgan fingerprint density at radius 1 is 1.44 bits per heavy atom. The van der Waals surface area contributed by atoms with E-state index in [1.807, 2.05) is 0 Å². The summed E-state index contributed by atoms with van der Waals surface area (Å²) in [5, 5.41) is 0. The first-order valence-corrected chi connectivity index (χ1v) is 5.22. The third-order valence-electron chi connectivity index (χ3n) is 2.22. The van der Waals surface area contributed by atoms with Crippen LogP contribution in [0.4, 0.5) is 13.2 Å². The first kappa shape index (κ1) is 14.5. The second-order valence-electron chi connectivity index (χ2n) is 3.31. The maximum atomic E-state index is 12.7. The molecule has 0 aliphatic heterocycles. The minimum absolute atomic E-state index is 0.105. The van der Waals surface area contributed by atoms with Gasteiger partial charge >= 0.3 is 6.18 Å². The molecule has 0 aliphatic rings. The van der Waals surface area contributed by atoms with Crippen molar-refractivity contribution in [3.63, 3.8) is 0 Å². The molecule has 0 unspecified atom stereocenters. The van der Waals surface area contributed by atoms with Crippen LogP contribution in [-0.4, -0.2) is 25.1 Å². The first-order chi connectivity index (χ1) is 8.35. The molecule has 0 N–H and O–H groups in total. The number of hydrogen-bond donors (Lipinski definition) is 0. The lowest BCUT2D eigenvalue weighted by Crippen LogP contribution is -2.15. The fourth-order valence-electron chi connectivity index (χ4n) is 1.40. The number of halogens is 4. The molecule has 3 nitrogen and oxygen atoms in total.